The van der Waals surface area contributed by atoms with Gasteiger partial charge in [-0.3, -0.25) is 4.99 Å². The largest absolute Gasteiger partial charge is 0.493 e. The van der Waals surface area contributed by atoms with Crippen LogP contribution in [0.15, 0.2) is 58.7 Å². The molecule has 2 rings (SSSR count). The van der Waals surface area contributed by atoms with Gasteiger partial charge in [0.2, 0.25) is 0 Å². The Labute approximate surface area is 143 Å². The van der Waals surface area contributed by atoms with E-state index in [1.54, 1.807) is 20.4 Å². The van der Waals surface area contributed by atoms with Crippen LogP contribution in [-0.4, -0.2) is 34.0 Å². The van der Waals surface area contributed by atoms with Crippen LogP contribution < -0.4 is 10.1 Å². The first-order valence-electron chi connectivity index (χ1n) is 7.81. The summed E-state index contributed by atoms with van der Waals surface area (Å²) in [7, 11) is 5.15. The van der Waals surface area contributed by atoms with Gasteiger partial charge in [-0.2, -0.15) is 0 Å². The minimum absolute atomic E-state index is 0.517. The van der Waals surface area contributed by atoms with Crippen LogP contribution in [0.2, 0.25) is 0 Å². The van der Waals surface area contributed by atoms with Gasteiger partial charge in [-0.25, -0.2) is 0 Å². The van der Waals surface area contributed by atoms with Gasteiger partial charge < -0.3 is 19.5 Å². The number of methoxy groups -OCH3 is 2. The quantitative estimate of drug-likeness (QED) is 0.892. The number of allylic oxidation sites excluding steroid dienone is 2. The third-order valence-corrected chi connectivity index (χ3v) is 3.64. The normalized spacial score (nSPS) is 21.4. The lowest BCUT2D eigenvalue weighted by Crippen LogP contribution is -2.01. The van der Waals surface area contributed by atoms with Crippen molar-refractivity contribution in [1.29, 1.82) is 0 Å². The first-order chi connectivity index (χ1) is 11.7. The Balaban J connectivity index is 2.21. The molecule has 1 aliphatic rings. The van der Waals surface area contributed by atoms with E-state index in [2.05, 4.69) is 10.3 Å². The third-order valence-electron chi connectivity index (χ3n) is 3.64. The number of nitrogens with one attached hydrogen (secondary N) is 1. The summed E-state index contributed by atoms with van der Waals surface area (Å²) in [5.41, 5.74) is 2.21. The van der Waals surface area contributed by atoms with Crippen LogP contribution in [0.4, 0.5) is 5.69 Å². The molecular formula is C19H24N2O3. The Morgan fingerprint density at radius 2 is 1.83 bits per heavy atom. The topological polar surface area (TPSA) is 52.1 Å². The van der Waals surface area contributed by atoms with E-state index in [4.69, 9.17) is 14.2 Å². The predicted molar refractivity (Wildman–Crippen MR) is 97.6 cm³/mol. The van der Waals surface area contributed by atoms with Gasteiger partial charge in [0.25, 0.3) is 0 Å². The Morgan fingerprint density at radius 1 is 1.08 bits per heavy atom. The van der Waals surface area contributed by atoms with Crippen LogP contribution in [0.1, 0.15) is 12.0 Å². The lowest BCUT2D eigenvalue weighted by Gasteiger charge is -2.13. The fraction of sp³-hybridized carbons (Fsp3) is 0.316. The molecular weight excluding hydrogens is 304 g/mol. The zero-order chi connectivity index (χ0) is 17.4. The van der Waals surface area contributed by atoms with Crippen LogP contribution in [0.3, 0.4) is 0 Å². The van der Waals surface area contributed by atoms with E-state index in [0.29, 0.717) is 24.5 Å². The summed E-state index contributed by atoms with van der Waals surface area (Å²) in [4.78, 5) is 4.31. The molecule has 24 heavy (non-hydrogen) atoms. The number of nitrogens with zero attached hydrogens (tertiary/aromatic N) is 1. The second-order valence-corrected chi connectivity index (χ2v) is 5.23. The molecule has 1 heterocycles. The molecule has 1 aromatic rings. The molecule has 5 nitrogen and oxygen atoms in total. The van der Waals surface area contributed by atoms with Crippen LogP contribution in [0.5, 0.6) is 5.75 Å². The highest BCUT2D eigenvalue weighted by molar-refractivity contribution is 5.72. The van der Waals surface area contributed by atoms with Gasteiger partial charge >= 0.3 is 0 Å². The van der Waals surface area contributed by atoms with Gasteiger partial charge in [-0.1, -0.05) is 0 Å². The second-order valence-electron chi connectivity index (χ2n) is 5.23. The smallest absolute Gasteiger partial charge is 0.158 e. The lowest BCUT2D eigenvalue weighted by molar-refractivity contribution is 0.218. The van der Waals surface area contributed by atoms with Gasteiger partial charge in [0.05, 0.1) is 20.8 Å². The van der Waals surface area contributed by atoms with Crippen molar-refractivity contribution in [3.63, 3.8) is 0 Å². The molecule has 0 aromatic heterocycles. The van der Waals surface area contributed by atoms with E-state index in [1.807, 2.05) is 50.4 Å². The van der Waals surface area contributed by atoms with E-state index in [-0.39, 0.29) is 0 Å². The van der Waals surface area contributed by atoms with Gasteiger partial charge in [-0.05, 0) is 48.9 Å². The van der Waals surface area contributed by atoms with Gasteiger partial charge in [0.1, 0.15) is 11.5 Å². The number of hydrogen-bond donors (Lipinski definition) is 1. The standard InChI is InChI=1S/C19H24N2O3/c1-14-13-16(5-7-17(14)20-2)24-15-6-8-18(22-3)19(23-4)10-12-21-11-9-15/h5,7-11,13,20H,6,12H2,1-4H3/b15-9+,18-8+,19-10+,21-11?. The highest BCUT2D eigenvalue weighted by atomic mass is 16.5. The minimum Gasteiger partial charge on any atom is -0.493 e. The molecule has 0 fully saturated rings. The van der Waals surface area contributed by atoms with Crippen LogP contribution >= 0.6 is 0 Å². The Kier molecular flexibility index (Phi) is 6.49. The van der Waals surface area contributed by atoms with Crippen molar-refractivity contribution in [1.82, 2.24) is 0 Å². The first kappa shape index (κ1) is 17.7. The van der Waals surface area contributed by atoms with Crippen LogP contribution in [0.25, 0.3) is 0 Å². The monoisotopic (exact) mass is 328 g/mol. The molecule has 0 radical (unpaired) electrons. The summed E-state index contributed by atoms with van der Waals surface area (Å²) in [6, 6.07) is 5.95. The molecule has 1 aliphatic heterocycles. The fourth-order valence-corrected chi connectivity index (χ4v) is 2.37. The SMILES string of the molecule is CNc1ccc(O/C2=C/C=NC/C=C(OC)\C(OC)=C/C2)cc1C. The van der Waals surface area contributed by atoms with E-state index in [0.717, 1.165) is 22.8 Å². The van der Waals surface area contributed by atoms with Crippen molar-refractivity contribution in [3.8, 4) is 5.75 Å². The lowest BCUT2D eigenvalue weighted by atomic mass is 10.2. The van der Waals surface area contributed by atoms with E-state index >= 15 is 0 Å². The number of aliphatic imine (C=N–C) groups is 1. The summed E-state index contributed by atoms with van der Waals surface area (Å²) in [6.07, 6.45) is 8.01. The number of rotatable bonds is 5. The summed E-state index contributed by atoms with van der Waals surface area (Å²) >= 11 is 0. The average molecular weight is 328 g/mol. The van der Waals surface area contributed by atoms with Crippen LogP contribution in [0, 0.1) is 6.92 Å². The maximum absolute atomic E-state index is 6.01. The molecule has 1 aromatic carbocycles. The van der Waals surface area contributed by atoms with E-state index in [9.17, 15) is 0 Å². The summed E-state index contributed by atoms with van der Waals surface area (Å²) in [5, 5.41) is 3.15. The van der Waals surface area contributed by atoms with Crippen molar-refractivity contribution in [2.45, 2.75) is 13.3 Å². The fourth-order valence-electron chi connectivity index (χ4n) is 2.37. The second kappa shape index (κ2) is 8.82. The summed E-state index contributed by atoms with van der Waals surface area (Å²) < 4.78 is 16.8. The van der Waals surface area contributed by atoms with Gasteiger partial charge in [0.15, 0.2) is 11.5 Å². The molecule has 0 saturated heterocycles. The predicted octanol–water partition coefficient (Wildman–Crippen LogP) is 3.83. The van der Waals surface area contributed by atoms with Gasteiger partial charge in [-0.15, -0.1) is 0 Å². The van der Waals surface area contributed by atoms with Gasteiger partial charge in [0, 0.05) is 25.4 Å². The molecule has 0 unspecified atom stereocenters. The molecule has 1 N–H and O–H groups in total. The van der Waals surface area contributed by atoms with Crippen LogP contribution in [-0.2, 0) is 9.47 Å². The number of benzene rings is 1. The number of hydrogen-bond acceptors (Lipinski definition) is 5. The van der Waals surface area contributed by atoms with Crippen molar-refractivity contribution in [2.75, 3.05) is 33.1 Å². The molecule has 0 amide bonds. The summed E-state index contributed by atoms with van der Waals surface area (Å²) in [5.74, 6) is 2.91. The van der Waals surface area contributed by atoms with E-state index in [1.165, 1.54) is 0 Å². The van der Waals surface area contributed by atoms with Crippen molar-refractivity contribution in [2.24, 2.45) is 4.99 Å². The maximum Gasteiger partial charge on any atom is 0.158 e. The molecule has 0 atom stereocenters. The highest BCUT2D eigenvalue weighted by Crippen LogP contribution is 2.24. The molecule has 0 saturated carbocycles. The maximum atomic E-state index is 6.01. The molecule has 5 heteroatoms. The first-order valence-corrected chi connectivity index (χ1v) is 7.81. The highest BCUT2D eigenvalue weighted by Gasteiger charge is 2.08. The Morgan fingerprint density at radius 3 is 2.50 bits per heavy atom. The van der Waals surface area contributed by atoms with Crippen molar-refractivity contribution in [3.05, 3.63) is 59.3 Å². The summed E-state index contributed by atoms with van der Waals surface area (Å²) in [6.45, 7) is 2.56. The molecule has 0 spiro atoms. The number of anilines is 1. The third kappa shape index (κ3) is 4.65. The molecule has 0 bridgehead atoms. The Hall–Kier alpha value is -2.69. The van der Waals surface area contributed by atoms with Crippen molar-refractivity contribution < 1.29 is 14.2 Å². The number of aryl methyl sites for hydroxylation is 1. The molecule has 0 aliphatic carbocycles. The molecule has 128 valence electrons. The van der Waals surface area contributed by atoms with Crippen molar-refractivity contribution >= 4 is 11.9 Å². The zero-order valence-electron chi connectivity index (χ0n) is 14.6. The average Bonchev–Trinajstić information content (AvgIpc) is 2.60. The zero-order valence-corrected chi connectivity index (χ0v) is 14.6. The Bertz CT molecular complexity index is 688. The number of ether oxygens (including phenoxy) is 3. The van der Waals surface area contributed by atoms with E-state index < -0.39 is 0 Å². The minimum atomic E-state index is 0.517.